The molecule has 0 radical (unpaired) electrons. The molecule has 3 aromatic heterocycles. The molecule has 3 amide bonds. The Morgan fingerprint density at radius 1 is 0.921 bits per heavy atom. The number of sulfonamides is 1. The van der Waals surface area contributed by atoms with Crippen molar-refractivity contribution < 1.29 is 90.1 Å². The maximum Gasteiger partial charge on any atom is 0.435 e. The molecule has 3 atom stereocenters. The molecular weight excluding hydrogens is 1100 g/mol. The monoisotopic (exact) mass is 1150 g/mol. The van der Waals surface area contributed by atoms with E-state index in [0.717, 1.165) is 43.5 Å². The smallest absolute Gasteiger partial charge is 0.435 e. The minimum atomic E-state index is -5.27. The number of carbonyl (C=O) groups excluding carboxylic acids is 2. The fourth-order valence-corrected chi connectivity index (χ4v) is 10.1. The van der Waals surface area contributed by atoms with Gasteiger partial charge in [0.05, 0.1) is 45.1 Å². The number of carboxylic acids is 2. The Balaban J connectivity index is 1.65. The van der Waals surface area contributed by atoms with Gasteiger partial charge in [-0.2, -0.15) is 49.6 Å². The fraction of sp³-hybridized carbons (Fsp3) is 0.444. The molecule has 3 heterocycles. The average molecular weight is 1150 g/mol. The number of amides is 3. The molecule has 5 aromatic rings. The van der Waals surface area contributed by atoms with Crippen LogP contribution in [0.2, 0.25) is 5.02 Å². The Morgan fingerprint density at radius 3 is 2.07 bits per heavy atom. The van der Waals surface area contributed by atoms with Crippen molar-refractivity contribution in [1.82, 2.24) is 34.8 Å². The highest BCUT2D eigenvalue weighted by molar-refractivity contribution is 7.93. The lowest BCUT2D eigenvalue weighted by Gasteiger charge is -2.28. The van der Waals surface area contributed by atoms with E-state index in [2.05, 4.69) is 20.5 Å². The Labute approximate surface area is 430 Å². The van der Waals surface area contributed by atoms with Crippen molar-refractivity contribution in [2.75, 3.05) is 23.9 Å². The normalized spacial score (nSPS) is 15.8. The Bertz CT molecular complexity index is 3370. The van der Waals surface area contributed by atoms with Crippen LogP contribution in [-0.2, 0) is 78.7 Å². The number of fused-ring (bicyclic) bond motifs is 2. The van der Waals surface area contributed by atoms with E-state index in [4.69, 9.17) is 11.6 Å². The minimum absolute atomic E-state index is 0.0191. The number of aryl methyl sites for hydroxylation is 1. The van der Waals surface area contributed by atoms with Gasteiger partial charge in [-0.05, 0) is 69.4 Å². The quantitative estimate of drug-likeness (QED) is 0.0714. The first-order chi connectivity index (χ1) is 34.7. The third-order valence-corrected chi connectivity index (χ3v) is 16.1. The minimum Gasteiger partial charge on any atom is -0.481 e. The second-order valence-corrected chi connectivity index (χ2v) is 23.6. The Hall–Kier alpha value is -6.56. The SMILES string of the molecule is C[C@@H]1Cc2c(C(F)(F)F)nn(CC(=O)N[C@@H](Cc3cc(F)cc(F)c3)c3nc(CCC(C)(C)S(C)(=O)=O)ccc3-c3ccc(Cl)c4c(N(C(=O)N(C)[C@@H](CC(=O)O)C(=O)O)S(C)(=O)=O)nn(CC(F)(F)F)c34)c2C1(F)F. The Kier molecular flexibility index (Phi) is 16.0. The zero-order valence-electron chi connectivity index (χ0n) is 40.5. The number of nitrogens with one attached hydrogen (secondary N) is 1. The van der Waals surface area contributed by atoms with Crippen LogP contribution in [0, 0.1) is 17.6 Å². The molecular formula is C45H45ClF10N8O10S2. The summed E-state index contributed by atoms with van der Waals surface area (Å²) in [5.41, 5.74) is -6.15. The van der Waals surface area contributed by atoms with Crippen LogP contribution in [0.15, 0.2) is 42.5 Å². The number of rotatable bonds is 18. The van der Waals surface area contributed by atoms with Crippen molar-refractivity contribution in [3.05, 3.63) is 93.0 Å². The molecule has 0 fully saturated rings. The fourth-order valence-electron chi connectivity index (χ4n) is 8.52. The molecule has 6 rings (SSSR count). The lowest BCUT2D eigenvalue weighted by atomic mass is 9.93. The van der Waals surface area contributed by atoms with E-state index in [0.29, 0.717) is 19.4 Å². The predicted octanol–water partition coefficient (Wildman–Crippen LogP) is 7.69. The molecule has 0 aliphatic heterocycles. The number of nitrogens with zero attached hydrogens (tertiary/aromatic N) is 7. The van der Waals surface area contributed by atoms with E-state index >= 15 is 8.78 Å². The van der Waals surface area contributed by atoms with Crippen molar-refractivity contribution in [2.24, 2.45) is 5.92 Å². The molecule has 18 nitrogen and oxygen atoms in total. The van der Waals surface area contributed by atoms with Gasteiger partial charge in [0, 0.05) is 47.7 Å². The van der Waals surface area contributed by atoms with E-state index in [-0.39, 0.29) is 48.2 Å². The number of alkyl halides is 8. The third kappa shape index (κ3) is 12.3. The number of benzene rings is 2. The molecule has 3 N–H and O–H groups in total. The van der Waals surface area contributed by atoms with Crippen molar-refractivity contribution in [1.29, 1.82) is 0 Å². The molecule has 31 heteroatoms. The van der Waals surface area contributed by atoms with E-state index in [9.17, 15) is 81.4 Å². The molecule has 414 valence electrons. The van der Waals surface area contributed by atoms with Gasteiger partial charge in [-0.25, -0.2) is 35.2 Å². The van der Waals surface area contributed by atoms with Gasteiger partial charge >= 0.3 is 30.3 Å². The molecule has 2 aromatic carbocycles. The maximum atomic E-state index is 15.6. The maximum absolute atomic E-state index is 15.6. The number of carboxylic acid groups (broad SMARTS) is 2. The van der Waals surface area contributed by atoms with E-state index < -0.39 is 179 Å². The second-order valence-electron chi connectivity index (χ2n) is 18.7. The van der Waals surface area contributed by atoms with Gasteiger partial charge < -0.3 is 20.4 Å². The number of pyridine rings is 1. The van der Waals surface area contributed by atoms with Gasteiger partial charge in [0.2, 0.25) is 15.9 Å². The lowest BCUT2D eigenvalue weighted by Crippen LogP contribution is -2.51. The summed E-state index contributed by atoms with van der Waals surface area (Å²) in [7, 11) is -8.23. The first-order valence-electron chi connectivity index (χ1n) is 22.2. The highest BCUT2D eigenvalue weighted by Crippen LogP contribution is 2.50. The number of aliphatic carboxylic acids is 2. The van der Waals surface area contributed by atoms with Crippen molar-refractivity contribution in [2.45, 2.75) is 101 Å². The molecule has 1 aliphatic carbocycles. The largest absolute Gasteiger partial charge is 0.481 e. The number of hydrogen-bond acceptors (Lipinski definition) is 11. The average Bonchev–Trinajstić information content (AvgIpc) is 3.88. The number of likely N-dealkylation sites (N-methyl/N-ethyl adjacent to an activating group) is 1. The number of hydrogen-bond donors (Lipinski definition) is 3. The van der Waals surface area contributed by atoms with Crippen LogP contribution in [0.5, 0.6) is 0 Å². The summed E-state index contributed by atoms with van der Waals surface area (Å²) in [5, 5.41) is 27.4. The number of aromatic nitrogens is 5. The highest BCUT2D eigenvalue weighted by atomic mass is 35.5. The Morgan fingerprint density at radius 2 is 1.53 bits per heavy atom. The van der Waals surface area contributed by atoms with E-state index in [1.54, 1.807) is 0 Å². The standard InChI is InChI=1S/C45H45ClF10N8O10S2/c1-21-13-28-37(45(54,55)56)59-62(38(28)44(21,52)53)19-32(65)58-30(16-22-14-23(47)17-24(48)15-22)35-26(8-7-25(57-35)11-12-42(2,3)75(5,71)72)27-9-10-29(46)34-36(27)63(20-43(49,50)51)60-39(34)64(76(6,73)74)41(70)61(4)31(40(68)69)18-33(66)67/h7-10,14-15,17,21,30-31H,11-13,16,18-20H2,1-6H3,(H,58,65)(H,66,67)(H,68,69)/t21-,30+,31+/m1/s1. The highest BCUT2D eigenvalue weighted by Gasteiger charge is 2.54. The summed E-state index contributed by atoms with van der Waals surface area (Å²) in [6, 6.07) is 0.492. The summed E-state index contributed by atoms with van der Waals surface area (Å²) < 4.78 is 198. The summed E-state index contributed by atoms with van der Waals surface area (Å²) in [4.78, 5) is 56.8. The molecule has 76 heavy (non-hydrogen) atoms. The van der Waals surface area contributed by atoms with E-state index in [1.807, 2.05) is 0 Å². The van der Waals surface area contributed by atoms with Crippen LogP contribution < -0.4 is 9.62 Å². The third-order valence-electron chi connectivity index (χ3n) is 12.6. The summed E-state index contributed by atoms with van der Waals surface area (Å²) in [5.74, 6) is -14.3. The predicted molar refractivity (Wildman–Crippen MR) is 250 cm³/mol. The van der Waals surface area contributed by atoms with Crippen LogP contribution in [-0.4, -0.2) is 117 Å². The first kappa shape index (κ1) is 58.7. The first-order valence-corrected chi connectivity index (χ1v) is 26.3. The van der Waals surface area contributed by atoms with Crippen LogP contribution in [0.4, 0.5) is 54.5 Å². The number of carbonyl (C=O) groups is 4. The molecule has 0 saturated heterocycles. The van der Waals surface area contributed by atoms with Gasteiger partial charge in [0.1, 0.15) is 36.5 Å². The number of halogens is 11. The molecule has 1 aliphatic rings. The van der Waals surface area contributed by atoms with Gasteiger partial charge in [-0.1, -0.05) is 30.7 Å². The summed E-state index contributed by atoms with van der Waals surface area (Å²) in [6.45, 7) is 0.258. The van der Waals surface area contributed by atoms with Crippen LogP contribution in [0.1, 0.15) is 73.6 Å². The van der Waals surface area contributed by atoms with Crippen molar-refractivity contribution in [3.8, 4) is 11.1 Å². The van der Waals surface area contributed by atoms with Crippen LogP contribution in [0.3, 0.4) is 0 Å². The number of anilines is 1. The molecule has 0 unspecified atom stereocenters. The zero-order valence-corrected chi connectivity index (χ0v) is 42.9. The van der Waals surface area contributed by atoms with Crippen LogP contribution >= 0.6 is 11.6 Å². The second kappa shape index (κ2) is 20.8. The zero-order chi connectivity index (χ0) is 57.2. The van der Waals surface area contributed by atoms with Crippen LogP contribution in [0.25, 0.3) is 22.0 Å². The summed E-state index contributed by atoms with van der Waals surface area (Å²) >= 11 is 6.62. The topological polar surface area (TPSA) is 244 Å². The summed E-state index contributed by atoms with van der Waals surface area (Å²) in [6.07, 6.45) is -12.4. The number of sulfone groups is 1. The lowest BCUT2D eigenvalue weighted by molar-refractivity contribution is -0.148. The van der Waals surface area contributed by atoms with Gasteiger partial charge in [-0.15, -0.1) is 0 Å². The van der Waals surface area contributed by atoms with E-state index in [1.165, 1.54) is 19.9 Å². The van der Waals surface area contributed by atoms with Crippen molar-refractivity contribution >= 4 is 72.1 Å². The molecule has 0 bridgehead atoms. The van der Waals surface area contributed by atoms with Gasteiger partial charge in [0.15, 0.2) is 21.3 Å². The molecule has 0 spiro atoms. The van der Waals surface area contributed by atoms with Crippen molar-refractivity contribution in [3.63, 3.8) is 0 Å². The number of urea groups is 1. The van der Waals surface area contributed by atoms with Gasteiger partial charge in [-0.3, -0.25) is 23.9 Å². The molecule has 0 saturated carbocycles. The van der Waals surface area contributed by atoms with Gasteiger partial charge in [0.25, 0.3) is 5.92 Å².